The van der Waals surface area contributed by atoms with Crippen molar-refractivity contribution >= 4 is 5.97 Å². The maximum atomic E-state index is 11.8. The third kappa shape index (κ3) is 5.20. The summed E-state index contributed by atoms with van der Waals surface area (Å²) < 4.78 is 15.3. The van der Waals surface area contributed by atoms with Gasteiger partial charge in [0.2, 0.25) is 0 Å². The van der Waals surface area contributed by atoms with E-state index in [2.05, 4.69) is 5.92 Å². The van der Waals surface area contributed by atoms with Crippen LogP contribution in [-0.4, -0.2) is 33.1 Å². The maximum Gasteiger partial charge on any atom is 0.312 e. The van der Waals surface area contributed by atoms with Gasteiger partial charge in [0.25, 0.3) is 0 Å². The van der Waals surface area contributed by atoms with Crippen LogP contribution in [0.5, 0.6) is 0 Å². The van der Waals surface area contributed by atoms with Crippen molar-refractivity contribution in [2.75, 3.05) is 20.8 Å². The van der Waals surface area contributed by atoms with Crippen LogP contribution >= 0.6 is 0 Å². The van der Waals surface area contributed by atoms with E-state index in [0.717, 1.165) is 0 Å². The highest BCUT2D eigenvalue weighted by Gasteiger charge is 2.33. The predicted molar refractivity (Wildman–Crippen MR) is 65.2 cm³/mol. The van der Waals surface area contributed by atoms with E-state index < -0.39 is 5.41 Å². The zero-order valence-electron chi connectivity index (χ0n) is 11.3. The van der Waals surface area contributed by atoms with Gasteiger partial charge in [-0.05, 0) is 20.3 Å². The number of methoxy groups -OCH3 is 2. The number of esters is 1. The first-order valence-corrected chi connectivity index (χ1v) is 5.55. The zero-order valence-corrected chi connectivity index (χ0v) is 11.3. The topological polar surface area (TPSA) is 44.8 Å². The molecule has 0 rings (SSSR count). The van der Waals surface area contributed by atoms with Crippen LogP contribution in [0.1, 0.15) is 27.2 Å². The van der Waals surface area contributed by atoms with Gasteiger partial charge in [0.1, 0.15) is 0 Å². The van der Waals surface area contributed by atoms with E-state index >= 15 is 0 Å². The molecule has 0 aliphatic rings. The Morgan fingerprint density at radius 1 is 1.35 bits per heavy atom. The minimum Gasteiger partial charge on any atom is -0.452 e. The van der Waals surface area contributed by atoms with Gasteiger partial charge in [0, 0.05) is 20.1 Å². The predicted octanol–water partition coefficient (Wildman–Crippen LogP) is 1.83. The van der Waals surface area contributed by atoms with Gasteiger partial charge in [0.15, 0.2) is 12.9 Å². The molecule has 4 heteroatoms. The lowest BCUT2D eigenvalue weighted by Crippen LogP contribution is -2.33. The molecule has 1 atom stereocenters. The van der Waals surface area contributed by atoms with Crippen molar-refractivity contribution in [1.82, 2.24) is 0 Å². The molecule has 0 saturated heterocycles. The fourth-order valence-electron chi connectivity index (χ4n) is 1.85. The highest BCUT2D eigenvalue weighted by molar-refractivity contribution is 5.76. The van der Waals surface area contributed by atoms with E-state index in [-0.39, 0.29) is 24.8 Å². The normalized spacial score (nSPS) is 13.2. The van der Waals surface area contributed by atoms with Gasteiger partial charge in [-0.2, -0.15) is 0 Å². The van der Waals surface area contributed by atoms with Crippen LogP contribution in [0, 0.1) is 23.7 Å². The molecule has 4 nitrogen and oxygen atoms in total. The molecule has 0 aliphatic carbocycles. The van der Waals surface area contributed by atoms with Gasteiger partial charge < -0.3 is 14.2 Å². The van der Waals surface area contributed by atoms with Crippen LogP contribution in [-0.2, 0) is 19.0 Å². The third-order valence-electron chi connectivity index (χ3n) is 2.60. The zero-order chi connectivity index (χ0) is 13.5. The fraction of sp³-hybridized carbons (Fsp3) is 0.769. The highest BCUT2D eigenvalue weighted by Crippen LogP contribution is 2.29. The molecule has 0 fully saturated rings. The molecular weight excluding hydrogens is 220 g/mol. The maximum absolute atomic E-state index is 11.8. The van der Waals surface area contributed by atoms with Crippen molar-refractivity contribution < 1.29 is 19.0 Å². The Hall–Kier alpha value is -1.05. The van der Waals surface area contributed by atoms with Crippen molar-refractivity contribution in [3.63, 3.8) is 0 Å². The Labute approximate surface area is 104 Å². The summed E-state index contributed by atoms with van der Waals surface area (Å²) in [6.45, 7) is 5.62. The summed E-state index contributed by atoms with van der Waals surface area (Å²) in [5, 5.41) is 0. The number of hydrogen-bond donors (Lipinski definition) is 0. The first-order chi connectivity index (χ1) is 7.88. The molecule has 0 radical (unpaired) electrons. The summed E-state index contributed by atoms with van der Waals surface area (Å²) in [5.41, 5.74) is -0.606. The molecule has 0 amide bonds. The minimum absolute atomic E-state index is 0.00856. The Bertz CT molecular complexity index is 274. The van der Waals surface area contributed by atoms with Gasteiger partial charge in [-0.3, -0.25) is 4.79 Å². The minimum atomic E-state index is -0.606. The molecular formula is C13H22O4. The Balaban J connectivity index is 4.42. The quantitative estimate of drug-likeness (QED) is 0.388. The van der Waals surface area contributed by atoms with E-state index in [1.165, 1.54) is 0 Å². The van der Waals surface area contributed by atoms with Crippen LogP contribution in [0.4, 0.5) is 0 Å². The molecule has 0 aliphatic heterocycles. The molecule has 17 heavy (non-hydrogen) atoms. The second kappa shape index (κ2) is 7.31. The summed E-state index contributed by atoms with van der Waals surface area (Å²) in [6.07, 6.45) is 5.32. The van der Waals surface area contributed by atoms with E-state index in [1.807, 2.05) is 20.8 Å². The van der Waals surface area contributed by atoms with Crippen LogP contribution in [0.15, 0.2) is 0 Å². The van der Waals surface area contributed by atoms with Crippen LogP contribution in [0.3, 0.4) is 0 Å². The van der Waals surface area contributed by atoms with E-state index in [0.29, 0.717) is 6.42 Å². The summed E-state index contributed by atoms with van der Waals surface area (Å²) in [6, 6.07) is 0. The Kier molecular flexibility index (Phi) is 6.86. The third-order valence-corrected chi connectivity index (χ3v) is 2.60. The number of carbonyl (C=O) groups is 1. The number of rotatable bonds is 7. The van der Waals surface area contributed by atoms with Crippen LogP contribution in [0.2, 0.25) is 0 Å². The molecule has 0 aromatic heterocycles. The standard InChI is InChI=1S/C13H22O4/c1-7-8-17-12(14)13(3,4)9-10(2)11(15-5)16-6/h1,10-11H,8-9H2,2-6H3. The van der Waals surface area contributed by atoms with Crippen molar-refractivity contribution in [3.8, 4) is 12.3 Å². The Morgan fingerprint density at radius 2 is 1.88 bits per heavy atom. The fourth-order valence-corrected chi connectivity index (χ4v) is 1.85. The van der Waals surface area contributed by atoms with Gasteiger partial charge >= 0.3 is 5.97 Å². The lowest BCUT2D eigenvalue weighted by atomic mass is 9.83. The molecule has 0 spiro atoms. The summed E-state index contributed by atoms with van der Waals surface area (Å²) in [7, 11) is 3.16. The smallest absolute Gasteiger partial charge is 0.312 e. The molecule has 0 N–H and O–H groups in total. The lowest BCUT2D eigenvalue weighted by Gasteiger charge is -2.29. The highest BCUT2D eigenvalue weighted by atomic mass is 16.7. The van der Waals surface area contributed by atoms with Crippen molar-refractivity contribution in [1.29, 1.82) is 0 Å². The molecule has 98 valence electrons. The number of ether oxygens (including phenoxy) is 3. The molecule has 0 bridgehead atoms. The second-order valence-corrected chi connectivity index (χ2v) is 4.69. The number of terminal acetylenes is 1. The average Bonchev–Trinajstić information content (AvgIpc) is 2.26. The molecule has 0 heterocycles. The van der Waals surface area contributed by atoms with Crippen molar-refractivity contribution in [2.24, 2.45) is 11.3 Å². The van der Waals surface area contributed by atoms with Crippen LogP contribution < -0.4 is 0 Å². The molecule has 1 unspecified atom stereocenters. The van der Waals surface area contributed by atoms with E-state index in [4.69, 9.17) is 20.6 Å². The monoisotopic (exact) mass is 242 g/mol. The Morgan fingerprint density at radius 3 is 2.29 bits per heavy atom. The lowest BCUT2D eigenvalue weighted by molar-refractivity contribution is -0.161. The number of hydrogen-bond acceptors (Lipinski definition) is 4. The molecule has 0 aromatic carbocycles. The summed E-state index contributed by atoms with van der Waals surface area (Å²) >= 11 is 0. The average molecular weight is 242 g/mol. The molecule has 0 aromatic rings. The van der Waals surface area contributed by atoms with Crippen molar-refractivity contribution in [3.05, 3.63) is 0 Å². The summed E-state index contributed by atoms with van der Waals surface area (Å²) in [5.74, 6) is 2.06. The second-order valence-electron chi connectivity index (χ2n) is 4.69. The summed E-state index contributed by atoms with van der Waals surface area (Å²) in [4.78, 5) is 11.8. The van der Waals surface area contributed by atoms with Crippen LogP contribution in [0.25, 0.3) is 0 Å². The first kappa shape index (κ1) is 16.0. The molecule has 0 saturated carbocycles. The van der Waals surface area contributed by atoms with E-state index in [1.54, 1.807) is 14.2 Å². The van der Waals surface area contributed by atoms with Crippen molar-refractivity contribution in [2.45, 2.75) is 33.5 Å². The van der Waals surface area contributed by atoms with Gasteiger partial charge in [-0.25, -0.2) is 0 Å². The number of carbonyl (C=O) groups excluding carboxylic acids is 1. The van der Waals surface area contributed by atoms with Gasteiger partial charge in [-0.1, -0.05) is 12.8 Å². The van der Waals surface area contributed by atoms with Gasteiger partial charge in [-0.15, -0.1) is 6.42 Å². The largest absolute Gasteiger partial charge is 0.452 e. The van der Waals surface area contributed by atoms with E-state index in [9.17, 15) is 4.79 Å². The van der Waals surface area contributed by atoms with Gasteiger partial charge in [0.05, 0.1) is 5.41 Å². The SMILES string of the molecule is C#CCOC(=O)C(C)(C)CC(C)C(OC)OC. The first-order valence-electron chi connectivity index (χ1n) is 5.55.